The van der Waals surface area contributed by atoms with Crippen LogP contribution in [0.4, 0.5) is 0 Å². The van der Waals surface area contributed by atoms with Crippen LogP contribution in [0.5, 0.6) is 5.75 Å². The van der Waals surface area contributed by atoms with E-state index in [4.69, 9.17) is 10.9 Å². The zero-order chi connectivity index (χ0) is 14.5. The number of hydrogen-bond donors (Lipinski definition) is 4. The van der Waals surface area contributed by atoms with E-state index >= 15 is 0 Å². The largest absolute Gasteiger partial charge is 0.507 e. The van der Waals surface area contributed by atoms with Gasteiger partial charge in [-0.3, -0.25) is 4.79 Å². The first-order chi connectivity index (χ1) is 9.00. The average Bonchev–Trinajstić information content (AvgIpc) is 2.44. The van der Waals surface area contributed by atoms with Gasteiger partial charge in [0.1, 0.15) is 11.3 Å². The van der Waals surface area contributed by atoms with Gasteiger partial charge in [0, 0.05) is 0 Å². The first-order valence-corrected chi connectivity index (χ1v) is 6.09. The van der Waals surface area contributed by atoms with E-state index in [0.29, 0.717) is 12.8 Å². The molecule has 104 valence electrons. The van der Waals surface area contributed by atoms with Gasteiger partial charge in [-0.2, -0.15) is 0 Å². The molecule has 1 rings (SSSR count). The van der Waals surface area contributed by atoms with Crippen molar-refractivity contribution in [2.45, 2.75) is 32.2 Å². The number of para-hydroxylation sites is 1. The lowest BCUT2D eigenvalue weighted by molar-refractivity contribution is 0.0915. The highest BCUT2D eigenvalue weighted by atomic mass is 16.4. The number of benzene rings is 1. The number of aromatic hydroxyl groups is 1. The maximum absolute atomic E-state index is 12.2. The van der Waals surface area contributed by atoms with Gasteiger partial charge in [-0.1, -0.05) is 31.1 Å². The molecule has 5 N–H and O–H groups in total. The Morgan fingerprint density at radius 1 is 1.37 bits per heavy atom. The lowest BCUT2D eigenvalue weighted by atomic mass is 9.91. The lowest BCUT2D eigenvalue weighted by Gasteiger charge is -2.31. The van der Waals surface area contributed by atoms with Gasteiger partial charge in [-0.05, 0) is 25.0 Å². The van der Waals surface area contributed by atoms with E-state index in [-0.39, 0.29) is 17.1 Å². The number of oxime groups is 1. The summed E-state index contributed by atoms with van der Waals surface area (Å²) in [5.41, 5.74) is 4.89. The Bertz CT molecular complexity index is 482. The van der Waals surface area contributed by atoms with Crippen LogP contribution in [0.25, 0.3) is 0 Å². The van der Waals surface area contributed by atoms with Crippen molar-refractivity contribution < 1.29 is 15.1 Å². The number of amidine groups is 1. The summed E-state index contributed by atoms with van der Waals surface area (Å²) >= 11 is 0. The highest BCUT2D eigenvalue weighted by molar-refractivity contribution is 6.01. The van der Waals surface area contributed by atoms with E-state index in [1.807, 2.05) is 13.8 Å². The molecule has 1 aromatic rings. The normalized spacial score (nSPS) is 12.2. The van der Waals surface area contributed by atoms with Gasteiger partial charge in [0.15, 0.2) is 5.84 Å². The first kappa shape index (κ1) is 14.8. The Hall–Kier alpha value is -2.24. The molecule has 0 heterocycles. The molecule has 19 heavy (non-hydrogen) atoms. The third kappa shape index (κ3) is 2.96. The average molecular weight is 265 g/mol. The van der Waals surface area contributed by atoms with Gasteiger partial charge in [0.25, 0.3) is 5.91 Å². The van der Waals surface area contributed by atoms with Crippen LogP contribution in [0.3, 0.4) is 0 Å². The number of carbonyl (C=O) groups is 1. The SMILES string of the molecule is CCC(CC)(NC(=O)c1ccccc1O)/C(N)=N/O. The van der Waals surface area contributed by atoms with E-state index in [9.17, 15) is 9.90 Å². The summed E-state index contributed by atoms with van der Waals surface area (Å²) in [6, 6.07) is 6.21. The summed E-state index contributed by atoms with van der Waals surface area (Å²) in [4.78, 5) is 12.2. The van der Waals surface area contributed by atoms with Crippen molar-refractivity contribution in [1.82, 2.24) is 5.32 Å². The van der Waals surface area contributed by atoms with Crippen molar-refractivity contribution in [3.8, 4) is 5.75 Å². The molecule has 0 aliphatic heterocycles. The number of nitrogens with two attached hydrogens (primary N) is 1. The Morgan fingerprint density at radius 3 is 2.42 bits per heavy atom. The van der Waals surface area contributed by atoms with Crippen molar-refractivity contribution in [3.05, 3.63) is 29.8 Å². The summed E-state index contributed by atoms with van der Waals surface area (Å²) in [5, 5.41) is 24.2. The second kappa shape index (κ2) is 6.08. The molecule has 0 atom stereocenters. The molecule has 0 aliphatic rings. The Labute approximate surface area is 111 Å². The summed E-state index contributed by atoms with van der Waals surface area (Å²) in [5.74, 6) is -0.629. The van der Waals surface area contributed by atoms with Crippen LogP contribution in [0, 0.1) is 0 Å². The van der Waals surface area contributed by atoms with Crippen LogP contribution in [0.1, 0.15) is 37.0 Å². The van der Waals surface area contributed by atoms with Crippen molar-refractivity contribution >= 4 is 11.7 Å². The zero-order valence-electron chi connectivity index (χ0n) is 11.1. The molecule has 0 aliphatic carbocycles. The van der Waals surface area contributed by atoms with Gasteiger partial charge < -0.3 is 21.4 Å². The van der Waals surface area contributed by atoms with Gasteiger partial charge in [0.05, 0.1) is 5.56 Å². The fourth-order valence-corrected chi connectivity index (χ4v) is 1.90. The summed E-state index contributed by atoms with van der Waals surface area (Å²) < 4.78 is 0. The molecule has 0 radical (unpaired) electrons. The number of nitrogens with one attached hydrogen (secondary N) is 1. The molecule has 1 aromatic carbocycles. The fraction of sp³-hybridized carbons (Fsp3) is 0.385. The molecule has 1 amide bonds. The third-order valence-electron chi connectivity index (χ3n) is 3.31. The smallest absolute Gasteiger partial charge is 0.255 e. The highest BCUT2D eigenvalue weighted by Gasteiger charge is 2.34. The minimum absolute atomic E-state index is 0.0544. The number of nitrogens with zero attached hydrogens (tertiary/aromatic N) is 1. The molecular weight excluding hydrogens is 246 g/mol. The molecule has 0 bridgehead atoms. The molecule has 6 heteroatoms. The van der Waals surface area contributed by atoms with Crippen molar-refractivity contribution in [2.75, 3.05) is 0 Å². The number of phenolic OH excluding ortho intramolecular Hbond substituents is 1. The summed E-state index contributed by atoms with van der Waals surface area (Å²) in [7, 11) is 0. The van der Waals surface area contributed by atoms with Gasteiger partial charge in [-0.15, -0.1) is 0 Å². The molecule has 6 nitrogen and oxygen atoms in total. The molecule has 0 aromatic heterocycles. The van der Waals surface area contributed by atoms with Crippen LogP contribution in [0.15, 0.2) is 29.4 Å². The van der Waals surface area contributed by atoms with E-state index in [1.54, 1.807) is 12.1 Å². The van der Waals surface area contributed by atoms with Gasteiger partial charge >= 0.3 is 0 Å². The Balaban J connectivity index is 3.05. The lowest BCUT2D eigenvalue weighted by Crippen LogP contribution is -2.56. The van der Waals surface area contributed by atoms with Crippen molar-refractivity contribution in [2.24, 2.45) is 10.9 Å². The number of rotatable bonds is 5. The fourth-order valence-electron chi connectivity index (χ4n) is 1.90. The van der Waals surface area contributed by atoms with E-state index < -0.39 is 11.4 Å². The quantitative estimate of drug-likeness (QED) is 0.279. The second-order valence-electron chi connectivity index (χ2n) is 4.25. The van der Waals surface area contributed by atoms with Crippen LogP contribution >= 0.6 is 0 Å². The van der Waals surface area contributed by atoms with Crippen molar-refractivity contribution in [3.63, 3.8) is 0 Å². The second-order valence-corrected chi connectivity index (χ2v) is 4.25. The van der Waals surface area contributed by atoms with Crippen LogP contribution in [0.2, 0.25) is 0 Å². The van der Waals surface area contributed by atoms with E-state index in [0.717, 1.165) is 0 Å². The van der Waals surface area contributed by atoms with Gasteiger partial charge in [0.2, 0.25) is 0 Å². The zero-order valence-corrected chi connectivity index (χ0v) is 11.1. The number of amides is 1. The number of hydrogen-bond acceptors (Lipinski definition) is 4. The van der Waals surface area contributed by atoms with Crippen LogP contribution < -0.4 is 11.1 Å². The Kier molecular flexibility index (Phi) is 4.74. The Morgan fingerprint density at radius 2 is 1.95 bits per heavy atom. The van der Waals surface area contributed by atoms with E-state index in [1.165, 1.54) is 12.1 Å². The monoisotopic (exact) mass is 265 g/mol. The predicted molar refractivity (Wildman–Crippen MR) is 72.3 cm³/mol. The van der Waals surface area contributed by atoms with Crippen molar-refractivity contribution in [1.29, 1.82) is 0 Å². The van der Waals surface area contributed by atoms with Gasteiger partial charge in [-0.25, -0.2) is 0 Å². The maximum Gasteiger partial charge on any atom is 0.255 e. The summed E-state index contributed by atoms with van der Waals surface area (Å²) in [6.45, 7) is 3.65. The molecule has 0 unspecified atom stereocenters. The minimum atomic E-state index is -0.923. The maximum atomic E-state index is 12.2. The first-order valence-electron chi connectivity index (χ1n) is 6.09. The third-order valence-corrected chi connectivity index (χ3v) is 3.31. The van der Waals surface area contributed by atoms with E-state index in [2.05, 4.69) is 10.5 Å². The molecule has 0 saturated heterocycles. The topological polar surface area (TPSA) is 108 Å². The minimum Gasteiger partial charge on any atom is -0.507 e. The molecular formula is C13H19N3O3. The number of carbonyl (C=O) groups excluding carboxylic acids is 1. The van der Waals surface area contributed by atoms with Crippen LogP contribution in [-0.2, 0) is 0 Å². The highest BCUT2D eigenvalue weighted by Crippen LogP contribution is 2.20. The molecule has 0 saturated carbocycles. The molecule has 0 spiro atoms. The number of phenols is 1. The van der Waals surface area contributed by atoms with Crippen LogP contribution in [-0.4, -0.2) is 27.6 Å². The summed E-state index contributed by atoms with van der Waals surface area (Å²) in [6.07, 6.45) is 0.942. The molecule has 0 fully saturated rings. The standard InChI is InChI=1S/C13H19N3O3/c1-3-13(4-2,12(14)16-19)15-11(18)9-7-5-6-8-10(9)17/h5-8,17,19H,3-4H2,1-2H3,(H2,14,16)(H,15,18). The predicted octanol–water partition coefficient (Wildman–Crippen LogP) is 1.43.